The second kappa shape index (κ2) is 7.32. The molecule has 8 unspecified atom stereocenters. The molecule has 2 N–H and O–H groups in total. The zero-order valence-corrected chi connectivity index (χ0v) is 18.5. The molecule has 0 aromatic rings. The van der Waals surface area contributed by atoms with Gasteiger partial charge >= 0.3 is 5.97 Å². The zero-order valence-electron chi connectivity index (χ0n) is 23.5. The first-order valence-electron chi connectivity index (χ1n) is 13.5. The van der Waals surface area contributed by atoms with E-state index in [0.717, 1.165) is 0 Å². The third kappa shape index (κ3) is 2.61. The molecule has 0 bridgehead atoms. The minimum absolute atomic E-state index is 0.160. The minimum atomic E-state index is -3.45. The summed E-state index contributed by atoms with van der Waals surface area (Å²) in [4.78, 5) is 38.3. The third-order valence-corrected chi connectivity index (χ3v) is 9.09. The van der Waals surface area contributed by atoms with E-state index in [9.17, 15) is 24.6 Å². The fraction of sp³-hybridized carbons (Fsp3) is 0.720. The van der Waals surface area contributed by atoms with Crippen LogP contribution in [-0.4, -0.2) is 51.7 Å². The molecule has 8 atom stereocenters. The molecular weight excluding hydrogens is 415 g/mol. The Kier molecular flexibility index (Phi) is 4.03. The van der Waals surface area contributed by atoms with Crippen LogP contribution in [0.2, 0.25) is 0 Å². The summed E-state index contributed by atoms with van der Waals surface area (Å²) in [7, 11) is 0. The third-order valence-electron chi connectivity index (χ3n) is 9.09. The molecule has 7 heteroatoms. The van der Waals surface area contributed by atoms with E-state index >= 15 is 4.39 Å². The number of allylic oxidation sites excluding steroid dienone is 4. The molecular formula is C25H33FO6. The number of fused-ring (bicyclic) bond motifs is 5. The number of carbonyl (C=O) groups is 3. The summed E-state index contributed by atoms with van der Waals surface area (Å²) in [6, 6.07) is 0. The van der Waals surface area contributed by atoms with Crippen molar-refractivity contribution >= 4 is 17.5 Å². The Morgan fingerprint density at radius 1 is 1.38 bits per heavy atom. The number of halogens is 1. The first kappa shape index (κ1) is 17.6. The molecule has 3 fully saturated rings. The van der Waals surface area contributed by atoms with Crippen LogP contribution in [0.15, 0.2) is 23.8 Å². The Morgan fingerprint density at radius 3 is 2.75 bits per heavy atom. The number of ether oxygens (including phenoxy) is 1. The van der Waals surface area contributed by atoms with Crippen LogP contribution in [0, 0.1) is 28.6 Å². The molecule has 0 saturated heterocycles. The standard InChI is InChI=1S/C25H33FO6/c1-5-21(31)32-25(20(30)13-27)14(2)10-18-17-7-6-15-11-16(28)8-9-22(15,3)24(17,26)19(29)12-23(18,25)4/h8-9,11,14,17-19,27,29H,5-7,10,12-13H2,1-4H3/i1D3,5D2. The van der Waals surface area contributed by atoms with Crippen LogP contribution in [0.5, 0.6) is 0 Å². The van der Waals surface area contributed by atoms with Gasteiger partial charge < -0.3 is 14.9 Å². The SMILES string of the molecule is [2H]C([2H])([2H])C([2H])([2H])C(=O)OC1(C(=O)CO)C(C)CC2C3CCC4=CC(=O)C=CC4(C)C3(F)C(O)CC21C. The highest BCUT2D eigenvalue weighted by molar-refractivity contribution is 6.01. The fourth-order valence-corrected chi connectivity index (χ4v) is 7.69. The van der Waals surface area contributed by atoms with Crippen LogP contribution < -0.4 is 0 Å². The molecule has 0 spiro atoms. The highest BCUT2D eigenvalue weighted by Crippen LogP contribution is 2.71. The Labute approximate surface area is 194 Å². The monoisotopic (exact) mass is 453 g/mol. The van der Waals surface area contributed by atoms with Crippen LogP contribution >= 0.6 is 0 Å². The lowest BCUT2D eigenvalue weighted by atomic mass is 9.44. The Hall–Kier alpha value is -1.86. The summed E-state index contributed by atoms with van der Waals surface area (Å²) in [5.74, 6) is -5.28. The largest absolute Gasteiger partial charge is 0.450 e. The van der Waals surface area contributed by atoms with E-state index in [1.165, 1.54) is 18.2 Å². The van der Waals surface area contributed by atoms with E-state index in [1.807, 2.05) is 0 Å². The minimum Gasteiger partial charge on any atom is -0.450 e. The number of hydrogen-bond donors (Lipinski definition) is 2. The van der Waals surface area contributed by atoms with Gasteiger partial charge in [-0.05, 0) is 50.7 Å². The molecule has 32 heavy (non-hydrogen) atoms. The fourth-order valence-electron chi connectivity index (χ4n) is 7.69. The highest BCUT2D eigenvalue weighted by atomic mass is 19.1. The summed E-state index contributed by atoms with van der Waals surface area (Å²) < 4.78 is 60.9. The Balaban J connectivity index is 1.84. The van der Waals surface area contributed by atoms with Gasteiger partial charge in [-0.25, -0.2) is 4.39 Å². The second-order valence-electron chi connectivity index (χ2n) is 10.2. The number of aliphatic hydroxyl groups excluding tert-OH is 2. The number of alkyl halides is 1. The number of esters is 1. The molecule has 4 aliphatic carbocycles. The molecule has 0 amide bonds. The summed E-state index contributed by atoms with van der Waals surface area (Å²) in [5.41, 5.74) is -6.54. The van der Waals surface area contributed by atoms with Crippen LogP contribution in [-0.2, 0) is 19.1 Å². The van der Waals surface area contributed by atoms with Crippen molar-refractivity contribution in [3.8, 4) is 0 Å². The van der Waals surface area contributed by atoms with Crippen molar-refractivity contribution < 1.29 is 40.6 Å². The Morgan fingerprint density at radius 2 is 2.09 bits per heavy atom. The number of rotatable bonds is 4. The molecule has 4 rings (SSSR count). The predicted molar refractivity (Wildman–Crippen MR) is 114 cm³/mol. The molecule has 0 heterocycles. The molecule has 6 nitrogen and oxygen atoms in total. The van der Waals surface area contributed by atoms with E-state index in [2.05, 4.69) is 0 Å². The van der Waals surface area contributed by atoms with Gasteiger partial charge in [0.05, 0.1) is 6.10 Å². The number of hydrogen-bond acceptors (Lipinski definition) is 6. The molecule has 0 aromatic carbocycles. The quantitative estimate of drug-likeness (QED) is 0.635. The van der Waals surface area contributed by atoms with E-state index in [-0.39, 0.29) is 25.0 Å². The molecule has 3 saturated carbocycles. The first-order valence-corrected chi connectivity index (χ1v) is 11.0. The normalized spacial score (nSPS) is 50.4. The van der Waals surface area contributed by atoms with Gasteiger partial charge in [-0.2, -0.15) is 0 Å². The van der Waals surface area contributed by atoms with Gasteiger partial charge in [0.1, 0.15) is 6.61 Å². The van der Waals surface area contributed by atoms with Crippen molar-refractivity contribution in [3.05, 3.63) is 23.8 Å². The maximum atomic E-state index is 17.3. The van der Waals surface area contributed by atoms with Gasteiger partial charge in [-0.15, -0.1) is 0 Å². The molecule has 0 aliphatic heterocycles. The summed E-state index contributed by atoms with van der Waals surface area (Å²) in [5, 5.41) is 21.3. The van der Waals surface area contributed by atoms with Gasteiger partial charge in [0.15, 0.2) is 17.1 Å². The number of carbonyl (C=O) groups excluding carboxylic acids is 3. The lowest BCUT2D eigenvalue weighted by Gasteiger charge is -2.62. The smallest absolute Gasteiger partial charge is 0.306 e. The highest BCUT2D eigenvalue weighted by Gasteiger charge is 2.77. The summed E-state index contributed by atoms with van der Waals surface area (Å²) in [6.45, 7) is 0.296. The van der Waals surface area contributed by atoms with Gasteiger partial charge in [-0.1, -0.05) is 32.3 Å². The average molecular weight is 454 g/mol. The predicted octanol–water partition coefficient (Wildman–Crippen LogP) is 2.86. The number of ketones is 2. The number of Topliss-reactive ketones (excluding diaryl/α,β-unsaturated/α-hetero) is 1. The van der Waals surface area contributed by atoms with Crippen LogP contribution in [0.25, 0.3) is 0 Å². The summed E-state index contributed by atoms with van der Waals surface area (Å²) in [6.07, 6.45) is -0.537. The van der Waals surface area contributed by atoms with Crippen molar-refractivity contribution in [3.63, 3.8) is 0 Å². The van der Waals surface area contributed by atoms with E-state index in [1.54, 1.807) is 20.8 Å². The van der Waals surface area contributed by atoms with Crippen molar-refractivity contribution in [2.45, 2.75) is 77.1 Å². The van der Waals surface area contributed by atoms with Crippen molar-refractivity contribution in [2.24, 2.45) is 28.6 Å². The van der Waals surface area contributed by atoms with Crippen molar-refractivity contribution in [1.82, 2.24) is 0 Å². The lowest BCUT2D eigenvalue weighted by Crippen LogP contribution is -2.70. The maximum absolute atomic E-state index is 17.3. The molecule has 0 aromatic heterocycles. The van der Waals surface area contributed by atoms with Crippen molar-refractivity contribution in [2.75, 3.05) is 6.61 Å². The van der Waals surface area contributed by atoms with Crippen LogP contribution in [0.4, 0.5) is 4.39 Å². The van der Waals surface area contributed by atoms with Crippen LogP contribution in [0.3, 0.4) is 0 Å². The average Bonchev–Trinajstić information content (AvgIpc) is 3.01. The molecule has 0 radical (unpaired) electrons. The second-order valence-corrected chi connectivity index (χ2v) is 10.2. The van der Waals surface area contributed by atoms with E-state index in [4.69, 9.17) is 11.6 Å². The van der Waals surface area contributed by atoms with Crippen molar-refractivity contribution in [1.29, 1.82) is 0 Å². The lowest BCUT2D eigenvalue weighted by molar-refractivity contribution is -0.228. The van der Waals surface area contributed by atoms with E-state index < -0.39 is 77.5 Å². The summed E-state index contributed by atoms with van der Waals surface area (Å²) >= 11 is 0. The van der Waals surface area contributed by atoms with Gasteiger partial charge in [0, 0.05) is 35.9 Å². The Bertz CT molecular complexity index is 1100. The van der Waals surface area contributed by atoms with Gasteiger partial charge in [0.25, 0.3) is 0 Å². The maximum Gasteiger partial charge on any atom is 0.306 e. The van der Waals surface area contributed by atoms with Crippen LogP contribution in [0.1, 0.15) is 66.5 Å². The molecule has 176 valence electrons. The topological polar surface area (TPSA) is 101 Å². The van der Waals surface area contributed by atoms with Gasteiger partial charge in [-0.3, -0.25) is 14.4 Å². The van der Waals surface area contributed by atoms with E-state index in [0.29, 0.717) is 12.0 Å². The number of aliphatic hydroxyl groups is 2. The van der Waals surface area contributed by atoms with Gasteiger partial charge in [0.2, 0.25) is 5.78 Å². The first-order chi connectivity index (χ1) is 16.8. The molecule has 4 aliphatic rings. The zero-order chi connectivity index (χ0) is 28.0.